The molecule has 308 valence electrons. The van der Waals surface area contributed by atoms with Gasteiger partial charge in [0.05, 0.1) is 29.3 Å². The summed E-state index contributed by atoms with van der Waals surface area (Å²) in [4.78, 5) is 87.1. The first-order valence-electron chi connectivity index (χ1n) is 20.3. The number of nitrogens with zero attached hydrogens (tertiary/aromatic N) is 5. The van der Waals surface area contributed by atoms with E-state index in [4.69, 9.17) is 9.47 Å². The maximum absolute atomic E-state index is 13.5. The summed E-state index contributed by atoms with van der Waals surface area (Å²) in [5.74, 6) is -0.978. The predicted octanol–water partition coefficient (Wildman–Crippen LogP) is 5.93. The molecule has 0 bridgehead atoms. The van der Waals surface area contributed by atoms with Gasteiger partial charge in [-0.25, -0.2) is 14.3 Å². The number of amides is 5. The van der Waals surface area contributed by atoms with Crippen molar-refractivity contribution in [1.29, 1.82) is 0 Å². The first-order chi connectivity index (χ1) is 28.2. The van der Waals surface area contributed by atoms with Gasteiger partial charge in [0.2, 0.25) is 11.8 Å². The number of anilines is 2. The zero-order valence-corrected chi connectivity index (χ0v) is 33.8. The van der Waals surface area contributed by atoms with Crippen LogP contribution < -0.4 is 20.3 Å². The normalized spacial score (nSPS) is 20.3. The molecule has 0 spiro atoms. The zero-order valence-electron chi connectivity index (χ0n) is 33.8. The highest BCUT2D eigenvalue weighted by Gasteiger charge is 2.45. The Labute approximate surface area is 342 Å². The van der Waals surface area contributed by atoms with Gasteiger partial charge >= 0.3 is 6.09 Å². The van der Waals surface area contributed by atoms with Crippen molar-refractivity contribution in [3.05, 3.63) is 83.2 Å². The van der Waals surface area contributed by atoms with Gasteiger partial charge in [0, 0.05) is 54.1 Å². The van der Waals surface area contributed by atoms with Crippen LogP contribution in [-0.2, 0) is 14.3 Å². The van der Waals surface area contributed by atoms with Crippen LogP contribution in [-0.4, -0.2) is 99.9 Å². The molecule has 1 unspecified atom stereocenters. The molecule has 4 aromatic rings. The van der Waals surface area contributed by atoms with Crippen LogP contribution in [0.4, 0.5) is 16.3 Å². The Hall–Kier alpha value is -6.09. The number of hydrogen-bond donors (Lipinski definition) is 2. The third-order valence-electron chi connectivity index (χ3n) is 11.7. The lowest BCUT2D eigenvalue weighted by Crippen LogP contribution is -2.54. The SMILES string of the molecule is CN1CCC[C@@H]1c1cc2cnc(NC(=O)c3ccc(OCCC4CCN(c5ccc6c(c5)C(=O)N(C5CCC(=O)NC5=O)C6=O)CC4)cc3)cc2n1C(=O)OC(C)(C)C. The van der Waals surface area contributed by atoms with Gasteiger partial charge in [-0.2, -0.15) is 0 Å². The molecule has 4 aliphatic rings. The Kier molecular flexibility index (Phi) is 10.7. The number of ether oxygens (including phenoxy) is 2. The number of fused-ring (bicyclic) bond motifs is 2. The number of hydrogen-bond acceptors (Lipinski definition) is 11. The number of piperidine rings is 2. The largest absolute Gasteiger partial charge is 0.494 e. The summed E-state index contributed by atoms with van der Waals surface area (Å²) in [7, 11) is 2.05. The van der Waals surface area contributed by atoms with Gasteiger partial charge in [0.15, 0.2) is 0 Å². The van der Waals surface area contributed by atoms with Gasteiger partial charge in [-0.05, 0) is 127 Å². The summed E-state index contributed by atoms with van der Waals surface area (Å²) in [5, 5.41) is 5.89. The molecule has 5 amide bonds. The molecule has 59 heavy (non-hydrogen) atoms. The fourth-order valence-electron chi connectivity index (χ4n) is 8.60. The van der Waals surface area contributed by atoms with Crippen molar-refractivity contribution in [3.8, 4) is 5.75 Å². The molecule has 0 radical (unpaired) electrons. The van der Waals surface area contributed by atoms with E-state index in [0.717, 1.165) is 73.4 Å². The maximum atomic E-state index is 13.5. The Bertz CT molecular complexity index is 2340. The molecule has 2 aromatic carbocycles. The zero-order chi connectivity index (χ0) is 41.6. The highest BCUT2D eigenvalue weighted by atomic mass is 16.6. The highest BCUT2D eigenvalue weighted by molar-refractivity contribution is 6.23. The van der Waals surface area contributed by atoms with Crippen molar-refractivity contribution in [3.63, 3.8) is 0 Å². The molecule has 0 aliphatic carbocycles. The van der Waals surface area contributed by atoms with Crippen LogP contribution in [0.25, 0.3) is 10.9 Å². The van der Waals surface area contributed by atoms with Crippen LogP contribution >= 0.6 is 0 Å². The standard InChI is InChI=1S/C44H49N7O8/c1-44(2,3)59-43(57)50-35-24-37(45-25-28(35)22-36(50)33-6-5-18-48(33)4)46-39(53)27-7-10-30(11-8-27)58-21-17-26-15-19-49(20-16-26)29-9-12-31-32(23-29)42(56)51(41(31)55)34-13-14-38(52)47-40(34)54/h7-12,22-26,33-34H,5-6,13-21H2,1-4H3,(H,45,46,53)(H,47,52,54)/t33-,34?/m1/s1. The number of rotatable bonds is 9. The highest BCUT2D eigenvalue weighted by Crippen LogP contribution is 2.36. The van der Waals surface area contributed by atoms with Crippen molar-refractivity contribution in [2.24, 2.45) is 5.92 Å². The smallest absolute Gasteiger partial charge is 0.419 e. The minimum absolute atomic E-state index is 0.0657. The Morgan fingerprint density at radius 2 is 1.63 bits per heavy atom. The van der Waals surface area contributed by atoms with E-state index in [9.17, 15) is 28.8 Å². The summed E-state index contributed by atoms with van der Waals surface area (Å²) in [6.07, 6.45) is 6.07. The first kappa shape index (κ1) is 39.7. The fraction of sp³-hybridized carbons (Fsp3) is 0.432. The van der Waals surface area contributed by atoms with Gasteiger partial charge in [0.1, 0.15) is 23.2 Å². The lowest BCUT2D eigenvalue weighted by Gasteiger charge is -2.33. The molecule has 2 aromatic heterocycles. The molecule has 15 nitrogen and oxygen atoms in total. The van der Waals surface area contributed by atoms with E-state index < -0.39 is 41.4 Å². The average Bonchev–Trinajstić information content (AvgIpc) is 3.87. The van der Waals surface area contributed by atoms with Crippen LogP contribution in [0.5, 0.6) is 5.75 Å². The van der Waals surface area contributed by atoms with E-state index >= 15 is 0 Å². The Morgan fingerprint density at radius 1 is 0.881 bits per heavy atom. The van der Waals surface area contributed by atoms with Crippen LogP contribution in [0, 0.1) is 5.92 Å². The molecule has 2 atom stereocenters. The summed E-state index contributed by atoms with van der Waals surface area (Å²) in [5.41, 5.74) is 2.61. The minimum Gasteiger partial charge on any atom is -0.494 e. The van der Waals surface area contributed by atoms with Crippen LogP contribution in [0.3, 0.4) is 0 Å². The van der Waals surface area contributed by atoms with Gasteiger partial charge in [-0.3, -0.25) is 39.1 Å². The molecular formula is C44H49N7O8. The maximum Gasteiger partial charge on any atom is 0.419 e. The summed E-state index contributed by atoms with van der Waals surface area (Å²) < 4.78 is 13.5. The van der Waals surface area contributed by atoms with Crippen molar-refractivity contribution in [2.45, 2.75) is 83.4 Å². The number of imide groups is 2. The van der Waals surface area contributed by atoms with Crippen molar-refractivity contribution in [1.82, 2.24) is 24.7 Å². The summed E-state index contributed by atoms with van der Waals surface area (Å²) >= 11 is 0. The van der Waals surface area contributed by atoms with E-state index in [-0.39, 0.29) is 35.9 Å². The minimum atomic E-state index is -0.991. The van der Waals surface area contributed by atoms with E-state index in [0.29, 0.717) is 35.2 Å². The van der Waals surface area contributed by atoms with Crippen LogP contribution in [0.2, 0.25) is 0 Å². The molecule has 3 saturated heterocycles. The molecule has 4 aliphatic heterocycles. The molecule has 8 rings (SSSR count). The molecule has 3 fully saturated rings. The van der Waals surface area contributed by atoms with E-state index in [1.54, 1.807) is 53.2 Å². The Balaban J connectivity index is 0.833. The average molecular weight is 804 g/mol. The number of carbonyl (C=O) groups is 6. The quantitative estimate of drug-likeness (QED) is 0.192. The second kappa shape index (κ2) is 15.9. The van der Waals surface area contributed by atoms with Gasteiger partial charge in [0.25, 0.3) is 17.7 Å². The van der Waals surface area contributed by atoms with E-state index in [1.807, 2.05) is 32.9 Å². The number of carbonyl (C=O) groups excluding carboxylic acids is 6. The van der Waals surface area contributed by atoms with Gasteiger partial charge in [-0.15, -0.1) is 0 Å². The van der Waals surface area contributed by atoms with Gasteiger partial charge in [-0.1, -0.05) is 0 Å². The Morgan fingerprint density at radius 3 is 2.32 bits per heavy atom. The van der Waals surface area contributed by atoms with Crippen LogP contribution in [0.1, 0.15) is 109 Å². The first-order valence-corrected chi connectivity index (χ1v) is 20.3. The molecule has 15 heteroatoms. The molecule has 0 saturated carbocycles. The monoisotopic (exact) mass is 803 g/mol. The topological polar surface area (TPSA) is 172 Å². The lowest BCUT2D eigenvalue weighted by atomic mass is 9.93. The third kappa shape index (κ3) is 8.16. The van der Waals surface area contributed by atoms with Crippen LogP contribution in [0.15, 0.2) is 60.8 Å². The van der Waals surface area contributed by atoms with Crippen molar-refractivity contribution < 1.29 is 38.2 Å². The number of benzene rings is 2. The summed E-state index contributed by atoms with van der Waals surface area (Å²) in [6.45, 7) is 8.53. The number of likely N-dealkylation sites (tertiary alicyclic amines) is 1. The second-order valence-corrected chi connectivity index (χ2v) is 16.9. The molecule has 6 heterocycles. The van der Waals surface area contributed by atoms with Gasteiger partial charge < -0.3 is 19.7 Å². The second-order valence-electron chi connectivity index (χ2n) is 16.9. The van der Waals surface area contributed by atoms with Crippen molar-refractivity contribution >= 4 is 58.0 Å². The van der Waals surface area contributed by atoms with E-state index in [2.05, 4.69) is 32.5 Å². The number of pyridine rings is 1. The predicted molar refractivity (Wildman–Crippen MR) is 219 cm³/mol. The molecule has 2 N–H and O–H groups in total. The summed E-state index contributed by atoms with van der Waals surface area (Å²) in [6, 6.07) is 15.0. The number of aromatic nitrogens is 2. The molecular weight excluding hydrogens is 755 g/mol. The fourth-order valence-corrected chi connectivity index (χ4v) is 8.60. The third-order valence-corrected chi connectivity index (χ3v) is 11.7. The van der Waals surface area contributed by atoms with E-state index in [1.165, 1.54) is 0 Å². The van der Waals surface area contributed by atoms with Crippen molar-refractivity contribution in [2.75, 3.05) is 43.5 Å². The number of nitrogens with one attached hydrogen (secondary N) is 2. The lowest BCUT2D eigenvalue weighted by molar-refractivity contribution is -0.136.